The Labute approximate surface area is 117 Å². The van der Waals surface area contributed by atoms with Crippen molar-refractivity contribution >= 4 is 6.08 Å². The number of halogens is 2. The van der Waals surface area contributed by atoms with Crippen molar-refractivity contribution in [3.8, 4) is 11.5 Å². The maximum atomic E-state index is 12.3. The van der Waals surface area contributed by atoms with Crippen LogP contribution in [0, 0.1) is 5.92 Å². The highest BCUT2D eigenvalue weighted by Gasteiger charge is 2.11. The molecule has 0 aliphatic carbocycles. The van der Waals surface area contributed by atoms with Gasteiger partial charge in [-0.2, -0.15) is 8.78 Å². The summed E-state index contributed by atoms with van der Waals surface area (Å²) in [4.78, 5) is 0. The standard InChI is InChI=1S/C15H20F2O3/c1-4-19-14-8-11(7-12(9-18)10(2)3)5-6-13(14)20-15(16)17/h5-8,10,15,18H,4,9H2,1-3H3. The Balaban J connectivity index is 3.09. The van der Waals surface area contributed by atoms with Gasteiger partial charge in [0.2, 0.25) is 0 Å². The predicted molar refractivity (Wildman–Crippen MR) is 74.1 cm³/mol. The molecular formula is C15H20F2O3. The average Bonchev–Trinajstić information content (AvgIpc) is 2.38. The molecule has 0 saturated heterocycles. The fraction of sp³-hybridized carbons (Fsp3) is 0.467. The third-order valence-electron chi connectivity index (χ3n) is 2.76. The van der Waals surface area contributed by atoms with Crippen molar-refractivity contribution in [3.05, 3.63) is 29.3 Å². The van der Waals surface area contributed by atoms with Crippen molar-refractivity contribution in [1.29, 1.82) is 0 Å². The lowest BCUT2D eigenvalue weighted by Gasteiger charge is -2.13. The summed E-state index contributed by atoms with van der Waals surface area (Å²) in [7, 11) is 0. The van der Waals surface area contributed by atoms with Gasteiger partial charge in [-0.15, -0.1) is 0 Å². The first-order valence-electron chi connectivity index (χ1n) is 6.50. The SMILES string of the molecule is CCOc1cc(C=C(CO)C(C)C)ccc1OC(F)F. The van der Waals surface area contributed by atoms with E-state index in [1.54, 1.807) is 19.1 Å². The normalized spacial score (nSPS) is 12.1. The quantitative estimate of drug-likeness (QED) is 0.830. The van der Waals surface area contributed by atoms with E-state index in [4.69, 9.17) is 4.74 Å². The first-order chi connectivity index (χ1) is 9.47. The van der Waals surface area contributed by atoms with Gasteiger partial charge < -0.3 is 14.6 Å². The smallest absolute Gasteiger partial charge is 0.387 e. The van der Waals surface area contributed by atoms with Crippen LogP contribution < -0.4 is 9.47 Å². The molecular weight excluding hydrogens is 266 g/mol. The average molecular weight is 286 g/mol. The summed E-state index contributed by atoms with van der Waals surface area (Å²) in [6.07, 6.45) is 1.82. The topological polar surface area (TPSA) is 38.7 Å². The van der Waals surface area contributed by atoms with Crippen molar-refractivity contribution in [1.82, 2.24) is 0 Å². The highest BCUT2D eigenvalue weighted by Crippen LogP contribution is 2.31. The number of aliphatic hydroxyl groups is 1. The Kier molecular flexibility index (Phi) is 6.45. The van der Waals surface area contributed by atoms with E-state index in [-0.39, 0.29) is 24.0 Å². The molecule has 0 radical (unpaired) electrons. The molecule has 0 spiro atoms. The van der Waals surface area contributed by atoms with E-state index in [9.17, 15) is 13.9 Å². The zero-order chi connectivity index (χ0) is 15.1. The first kappa shape index (κ1) is 16.4. The minimum absolute atomic E-state index is 0.00842. The first-order valence-corrected chi connectivity index (χ1v) is 6.50. The number of alkyl halides is 2. The molecule has 0 amide bonds. The monoisotopic (exact) mass is 286 g/mol. The summed E-state index contributed by atoms with van der Waals surface area (Å²) >= 11 is 0. The van der Waals surface area contributed by atoms with Crippen LogP contribution in [0.1, 0.15) is 26.3 Å². The van der Waals surface area contributed by atoms with E-state index in [0.717, 1.165) is 11.1 Å². The Hall–Kier alpha value is -1.62. The molecule has 0 aliphatic heterocycles. The van der Waals surface area contributed by atoms with Crippen LogP contribution in [0.15, 0.2) is 23.8 Å². The van der Waals surface area contributed by atoms with E-state index in [1.165, 1.54) is 6.07 Å². The number of hydrogen-bond acceptors (Lipinski definition) is 3. The zero-order valence-corrected chi connectivity index (χ0v) is 11.9. The van der Waals surface area contributed by atoms with Gasteiger partial charge in [0.15, 0.2) is 11.5 Å². The highest BCUT2D eigenvalue weighted by atomic mass is 19.3. The lowest BCUT2D eigenvalue weighted by atomic mass is 10.0. The summed E-state index contributed by atoms with van der Waals surface area (Å²) in [5.74, 6) is 0.476. The second-order valence-electron chi connectivity index (χ2n) is 4.55. The van der Waals surface area contributed by atoms with E-state index in [2.05, 4.69) is 4.74 Å². The minimum Gasteiger partial charge on any atom is -0.490 e. The largest absolute Gasteiger partial charge is 0.490 e. The van der Waals surface area contributed by atoms with E-state index < -0.39 is 6.61 Å². The lowest BCUT2D eigenvalue weighted by molar-refractivity contribution is -0.0514. The van der Waals surface area contributed by atoms with Gasteiger partial charge in [0.05, 0.1) is 13.2 Å². The molecule has 20 heavy (non-hydrogen) atoms. The van der Waals surface area contributed by atoms with Crippen LogP contribution in [0.25, 0.3) is 6.08 Å². The van der Waals surface area contributed by atoms with Crippen LogP contribution in [-0.4, -0.2) is 24.9 Å². The van der Waals surface area contributed by atoms with Crippen molar-refractivity contribution in [3.63, 3.8) is 0 Å². The van der Waals surface area contributed by atoms with Gasteiger partial charge in [0.25, 0.3) is 0 Å². The molecule has 1 rings (SSSR count). The molecule has 1 aromatic rings. The molecule has 3 nitrogen and oxygen atoms in total. The van der Waals surface area contributed by atoms with Gasteiger partial charge in [-0.25, -0.2) is 0 Å². The summed E-state index contributed by atoms with van der Waals surface area (Å²) in [5.41, 5.74) is 1.63. The molecule has 0 aromatic heterocycles. The lowest BCUT2D eigenvalue weighted by Crippen LogP contribution is -2.05. The van der Waals surface area contributed by atoms with Crippen molar-refractivity contribution in [2.45, 2.75) is 27.4 Å². The molecule has 112 valence electrons. The van der Waals surface area contributed by atoms with E-state index >= 15 is 0 Å². The maximum absolute atomic E-state index is 12.3. The number of benzene rings is 1. The van der Waals surface area contributed by atoms with Gasteiger partial charge in [-0.1, -0.05) is 26.0 Å². The van der Waals surface area contributed by atoms with E-state index in [1.807, 2.05) is 19.9 Å². The molecule has 0 saturated carbocycles. The van der Waals surface area contributed by atoms with E-state index in [0.29, 0.717) is 6.61 Å². The zero-order valence-electron chi connectivity index (χ0n) is 11.9. The van der Waals surface area contributed by atoms with Crippen LogP contribution in [0.5, 0.6) is 11.5 Å². The summed E-state index contributed by atoms with van der Waals surface area (Å²) in [6, 6.07) is 4.72. The minimum atomic E-state index is -2.89. The Morgan fingerprint density at radius 3 is 2.50 bits per heavy atom. The van der Waals surface area contributed by atoms with Crippen LogP contribution in [0.3, 0.4) is 0 Å². The third-order valence-corrected chi connectivity index (χ3v) is 2.76. The summed E-state index contributed by atoms with van der Waals surface area (Å²) in [5, 5.41) is 9.28. The van der Waals surface area contributed by atoms with Gasteiger partial charge in [-0.3, -0.25) is 0 Å². The van der Waals surface area contributed by atoms with Crippen LogP contribution >= 0.6 is 0 Å². The van der Waals surface area contributed by atoms with Crippen molar-refractivity contribution < 1.29 is 23.4 Å². The third kappa shape index (κ3) is 4.81. The molecule has 0 atom stereocenters. The fourth-order valence-electron chi connectivity index (χ4n) is 1.69. The molecule has 1 aromatic carbocycles. The van der Waals surface area contributed by atoms with Gasteiger partial charge in [0.1, 0.15) is 0 Å². The number of ether oxygens (including phenoxy) is 2. The Morgan fingerprint density at radius 2 is 2.00 bits per heavy atom. The number of aliphatic hydroxyl groups excluding tert-OH is 1. The second kappa shape index (κ2) is 7.85. The summed E-state index contributed by atoms with van der Waals surface area (Å²) < 4.78 is 34.3. The maximum Gasteiger partial charge on any atom is 0.387 e. The van der Waals surface area contributed by atoms with Crippen LogP contribution in [-0.2, 0) is 0 Å². The molecule has 5 heteroatoms. The Bertz CT molecular complexity index is 456. The molecule has 0 unspecified atom stereocenters. The Morgan fingerprint density at radius 1 is 1.30 bits per heavy atom. The predicted octanol–water partition coefficient (Wildman–Crippen LogP) is 3.72. The van der Waals surface area contributed by atoms with Gasteiger partial charge in [0, 0.05) is 0 Å². The van der Waals surface area contributed by atoms with Crippen molar-refractivity contribution in [2.24, 2.45) is 5.92 Å². The number of hydrogen-bond donors (Lipinski definition) is 1. The molecule has 0 fully saturated rings. The van der Waals surface area contributed by atoms with Crippen molar-refractivity contribution in [2.75, 3.05) is 13.2 Å². The molecule has 0 bridgehead atoms. The van der Waals surface area contributed by atoms with Gasteiger partial charge in [-0.05, 0) is 36.1 Å². The molecule has 0 heterocycles. The highest BCUT2D eigenvalue weighted by molar-refractivity contribution is 5.58. The molecule has 0 aliphatic rings. The second-order valence-corrected chi connectivity index (χ2v) is 4.55. The molecule has 1 N–H and O–H groups in total. The fourth-order valence-corrected chi connectivity index (χ4v) is 1.69. The van der Waals surface area contributed by atoms with Crippen LogP contribution in [0.2, 0.25) is 0 Å². The van der Waals surface area contributed by atoms with Gasteiger partial charge >= 0.3 is 6.61 Å². The van der Waals surface area contributed by atoms with Crippen LogP contribution in [0.4, 0.5) is 8.78 Å². The summed E-state index contributed by atoms with van der Waals surface area (Å²) in [6.45, 7) is 3.13. The number of rotatable bonds is 7.